The van der Waals surface area contributed by atoms with Gasteiger partial charge in [-0.25, -0.2) is 4.98 Å². The Kier molecular flexibility index (Phi) is 7.14. The number of aromatic nitrogens is 2. The van der Waals surface area contributed by atoms with Gasteiger partial charge in [-0.05, 0) is 30.2 Å². The molecule has 0 saturated carbocycles. The van der Waals surface area contributed by atoms with E-state index >= 15 is 0 Å². The van der Waals surface area contributed by atoms with Crippen molar-refractivity contribution in [2.45, 2.75) is 37.5 Å². The fourth-order valence-electron chi connectivity index (χ4n) is 2.64. The van der Waals surface area contributed by atoms with Gasteiger partial charge in [0.05, 0.1) is 18.5 Å². The van der Waals surface area contributed by atoms with Gasteiger partial charge in [0.25, 0.3) is 0 Å². The highest BCUT2D eigenvalue weighted by Gasteiger charge is 2.13. The summed E-state index contributed by atoms with van der Waals surface area (Å²) in [6.45, 7) is 2.45. The van der Waals surface area contributed by atoms with Gasteiger partial charge in [-0.3, -0.25) is 4.79 Å². The SMILES string of the molecule is Cc1ccc(CNC(=O)Cn2c(CO)cnc2SCc2ccc(Cl)cc2)cc1. The van der Waals surface area contributed by atoms with Crippen LogP contribution < -0.4 is 5.32 Å². The molecule has 3 aromatic rings. The van der Waals surface area contributed by atoms with Gasteiger partial charge in [-0.2, -0.15) is 0 Å². The Bertz CT molecular complexity index is 924. The Balaban J connectivity index is 1.61. The third-order valence-electron chi connectivity index (χ3n) is 4.26. The number of imidazole rings is 1. The molecule has 0 aliphatic carbocycles. The van der Waals surface area contributed by atoms with E-state index in [9.17, 15) is 9.90 Å². The molecule has 3 rings (SSSR count). The smallest absolute Gasteiger partial charge is 0.240 e. The Morgan fingerprint density at radius 1 is 1.14 bits per heavy atom. The molecule has 28 heavy (non-hydrogen) atoms. The van der Waals surface area contributed by atoms with Gasteiger partial charge in [0, 0.05) is 17.3 Å². The number of hydrogen-bond acceptors (Lipinski definition) is 4. The normalized spacial score (nSPS) is 10.8. The first-order chi connectivity index (χ1) is 13.5. The highest BCUT2D eigenvalue weighted by atomic mass is 35.5. The number of aliphatic hydroxyl groups is 1. The number of carbonyl (C=O) groups excluding carboxylic acids is 1. The minimum Gasteiger partial charge on any atom is -0.390 e. The maximum Gasteiger partial charge on any atom is 0.240 e. The summed E-state index contributed by atoms with van der Waals surface area (Å²) in [5.41, 5.74) is 3.95. The highest BCUT2D eigenvalue weighted by Crippen LogP contribution is 2.24. The maximum absolute atomic E-state index is 12.4. The van der Waals surface area contributed by atoms with Crippen LogP contribution in [0.15, 0.2) is 59.9 Å². The molecule has 0 unspecified atom stereocenters. The summed E-state index contributed by atoms with van der Waals surface area (Å²) < 4.78 is 1.76. The van der Waals surface area contributed by atoms with Crippen LogP contribution >= 0.6 is 23.4 Å². The molecule has 2 aromatic carbocycles. The van der Waals surface area contributed by atoms with E-state index in [2.05, 4.69) is 10.3 Å². The zero-order chi connectivity index (χ0) is 19.9. The van der Waals surface area contributed by atoms with Crippen LogP contribution in [0.4, 0.5) is 0 Å². The monoisotopic (exact) mass is 415 g/mol. The summed E-state index contributed by atoms with van der Waals surface area (Å²) in [5.74, 6) is 0.575. The van der Waals surface area contributed by atoms with E-state index in [-0.39, 0.29) is 19.1 Å². The van der Waals surface area contributed by atoms with Gasteiger partial charge in [-0.1, -0.05) is 65.3 Å². The van der Waals surface area contributed by atoms with Gasteiger partial charge in [-0.15, -0.1) is 0 Å². The van der Waals surface area contributed by atoms with Crippen LogP contribution in [-0.4, -0.2) is 20.6 Å². The van der Waals surface area contributed by atoms with Crippen LogP contribution in [0.3, 0.4) is 0 Å². The number of halogens is 1. The summed E-state index contributed by atoms with van der Waals surface area (Å²) in [4.78, 5) is 16.8. The van der Waals surface area contributed by atoms with E-state index in [1.54, 1.807) is 10.8 Å². The molecule has 2 N–H and O–H groups in total. The van der Waals surface area contributed by atoms with Crippen LogP contribution in [-0.2, 0) is 30.2 Å². The fourth-order valence-corrected chi connectivity index (χ4v) is 3.72. The van der Waals surface area contributed by atoms with Gasteiger partial charge < -0.3 is 15.0 Å². The molecule has 0 radical (unpaired) electrons. The minimum atomic E-state index is -0.167. The number of carbonyl (C=O) groups is 1. The molecule has 0 saturated heterocycles. The first kappa shape index (κ1) is 20.5. The predicted molar refractivity (Wildman–Crippen MR) is 112 cm³/mol. The molecular weight excluding hydrogens is 394 g/mol. The minimum absolute atomic E-state index is 0.116. The lowest BCUT2D eigenvalue weighted by atomic mass is 10.1. The lowest BCUT2D eigenvalue weighted by Crippen LogP contribution is -2.28. The van der Waals surface area contributed by atoms with Crippen molar-refractivity contribution in [2.75, 3.05) is 0 Å². The number of hydrogen-bond donors (Lipinski definition) is 2. The van der Waals surface area contributed by atoms with Crippen molar-refractivity contribution in [2.24, 2.45) is 0 Å². The molecule has 1 aromatic heterocycles. The first-order valence-electron chi connectivity index (χ1n) is 8.90. The van der Waals surface area contributed by atoms with Crippen molar-refractivity contribution >= 4 is 29.3 Å². The number of nitrogens with one attached hydrogen (secondary N) is 1. The molecule has 0 bridgehead atoms. The second-order valence-electron chi connectivity index (χ2n) is 6.45. The van der Waals surface area contributed by atoms with E-state index in [0.717, 1.165) is 11.1 Å². The summed E-state index contributed by atoms with van der Waals surface area (Å²) in [6, 6.07) is 15.7. The molecular formula is C21H22ClN3O2S. The molecule has 0 fully saturated rings. The molecule has 1 heterocycles. The topological polar surface area (TPSA) is 67.2 Å². The van der Waals surface area contributed by atoms with Crippen LogP contribution in [0, 0.1) is 6.92 Å². The molecule has 146 valence electrons. The summed E-state index contributed by atoms with van der Waals surface area (Å²) >= 11 is 7.44. The summed E-state index contributed by atoms with van der Waals surface area (Å²) in [6.07, 6.45) is 1.61. The van der Waals surface area contributed by atoms with Crippen LogP contribution in [0.5, 0.6) is 0 Å². The standard InChI is InChI=1S/C21H22ClN3O2S/c1-15-2-4-16(5-3-15)10-23-20(27)12-25-19(13-26)11-24-21(25)28-14-17-6-8-18(22)9-7-17/h2-9,11,26H,10,12-14H2,1H3,(H,23,27). The van der Waals surface area contributed by atoms with Crippen molar-refractivity contribution in [3.63, 3.8) is 0 Å². The number of rotatable bonds is 8. The number of amides is 1. The number of thioether (sulfide) groups is 1. The zero-order valence-electron chi connectivity index (χ0n) is 15.6. The quantitative estimate of drug-likeness (QED) is 0.547. The van der Waals surface area contributed by atoms with Crippen molar-refractivity contribution in [1.82, 2.24) is 14.9 Å². The lowest BCUT2D eigenvalue weighted by Gasteiger charge is -2.11. The highest BCUT2D eigenvalue weighted by molar-refractivity contribution is 7.98. The number of benzene rings is 2. The zero-order valence-corrected chi connectivity index (χ0v) is 17.1. The third kappa shape index (κ3) is 5.61. The average molecular weight is 416 g/mol. The van der Waals surface area contributed by atoms with E-state index in [1.807, 2.05) is 55.5 Å². The number of aliphatic hydroxyl groups excluding tert-OH is 1. The van der Waals surface area contributed by atoms with Crippen molar-refractivity contribution in [3.8, 4) is 0 Å². The third-order valence-corrected chi connectivity index (χ3v) is 5.57. The van der Waals surface area contributed by atoms with Crippen LogP contribution in [0.25, 0.3) is 0 Å². The van der Waals surface area contributed by atoms with E-state index < -0.39 is 0 Å². The predicted octanol–water partition coefficient (Wildman–Crippen LogP) is 3.95. The second-order valence-corrected chi connectivity index (χ2v) is 7.83. The molecule has 7 heteroatoms. The van der Waals surface area contributed by atoms with Crippen molar-refractivity contribution in [3.05, 3.63) is 82.1 Å². The van der Waals surface area contributed by atoms with Crippen LogP contribution in [0.2, 0.25) is 5.02 Å². The molecule has 0 atom stereocenters. The van der Waals surface area contributed by atoms with Gasteiger partial charge in [0.1, 0.15) is 6.54 Å². The summed E-state index contributed by atoms with van der Waals surface area (Å²) in [5, 5.41) is 13.9. The Morgan fingerprint density at radius 2 is 1.82 bits per heavy atom. The summed E-state index contributed by atoms with van der Waals surface area (Å²) in [7, 11) is 0. The van der Waals surface area contributed by atoms with E-state index in [4.69, 9.17) is 11.6 Å². The Hall–Kier alpha value is -2.28. The molecule has 1 amide bonds. The fraction of sp³-hybridized carbons (Fsp3) is 0.238. The Labute approximate surface area is 173 Å². The first-order valence-corrected chi connectivity index (χ1v) is 10.3. The average Bonchev–Trinajstić information content (AvgIpc) is 3.08. The van der Waals surface area contributed by atoms with Crippen molar-refractivity contribution in [1.29, 1.82) is 0 Å². The van der Waals surface area contributed by atoms with Gasteiger partial charge >= 0.3 is 0 Å². The van der Waals surface area contributed by atoms with Gasteiger partial charge in [0.2, 0.25) is 5.91 Å². The van der Waals surface area contributed by atoms with Crippen molar-refractivity contribution < 1.29 is 9.90 Å². The number of aryl methyl sites for hydroxylation is 1. The molecule has 0 aliphatic rings. The lowest BCUT2D eigenvalue weighted by molar-refractivity contribution is -0.122. The van der Waals surface area contributed by atoms with Crippen LogP contribution in [0.1, 0.15) is 22.4 Å². The largest absolute Gasteiger partial charge is 0.390 e. The molecule has 5 nitrogen and oxygen atoms in total. The maximum atomic E-state index is 12.4. The molecule has 0 aliphatic heterocycles. The Morgan fingerprint density at radius 3 is 2.50 bits per heavy atom. The van der Waals surface area contributed by atoms with E-state index in [1.165, 1.54) is 17.3 Å². The number of nitrogens with zero attached hydrogens (tertiary/aromatic N) is 2. The molecule has 0 spiro atoms. The second kappa shape index (κ2) is 9.78. The van der Waals surface area contributed by atoms with Gasteiger partial charge in [0.15, 0.2) is 5.16 Å². The van der Waals surface area contributed by atoms with E-state index in [0.29, 0.717) is 28.2 Å².